The van der Waals surface area contributed by atoms with E-state index in [0.717, 1.165) is 16.6 Å². The zero-order chi connectivity index (χ0) is 13.8. The third-order valence-electron chi connectivity index (χ3n) is 2.91. The second-order valence-corrected chi connectivity index (χ2v) is 4.21. The summed E-state index contributed by atoms with van der Waals surface area (Å²) in [5.74, 6) is -0.858. The zero-order valence-corrected chi connectivity index (χ0v) is 10.5. The van der Waals surface area contributed by atoms with Crippen LogP contribution in [-0.2, 0) is 4.79 Å². The second kappa shape index (κ2) is 5.36. The smallest absolute Gasteiger partial charge is 0.305 e. The maximum Gasteiger partial charge on any atom is 0.305 e. The summed E-state index contributed by atoms with van der Waals surface area (Å²) in [7, 11) is 1.78. The molecule has 5 heteroatoms. The van der Waals surface area contributed by atoms with Gasteiger partial charge in [0.25, 0.3) is 0 Å². The van der Waals surface area contributed by atoms with Crippen molar-refractivity contribution < 1.29 is 9.90 Å². The van der Waals surface area contributed by atoms with Crippen LogP contribution in [0, 0.1) is 11.3 Å². The number of carboxylic acid groups (broad SMARTS) is 1. The zero-order valence-electron chi connectivity index (χ0n) is 10.5. The molecule has 0 saturated heterocycles. The molecule has 0 aliphatic carbocycles. The Morgan fingerprint density at radius 1 is 1.47 bits per heavy atom. The Hall–Kier alpha value is -2.61. The molecule has 0 radical (unpaired) electrons. The third kappa shape index (κ3) is 2.63. The van der Waals surface area contributed by atoms with E-state index in [1.807, 2.05) is 24.3 Å². The van der Waals surface area contributed by atoms with Crippen molar-refractivity contribution in [2.24, 2.45) is 0 Å². The first-order valence-electron chi connectivity index (χ1n) is 5.84. The first-order chi connectivity index (χ1) is 9.13. The van der Waals surface area contributed by atoms with Gasteiger partial charge in [0, 0.05) is 25.2 Å². The molecule has 19 heavy (non-hydrogen) atoms. The Kier molecular flexibility index (Phi) is 3.62. The van der Waals surface area contributed by atoms with Crippen molar-refractivity contribution in [2.45, 2.75) is 6.42 Å². The summed E-state index contributed by atoms with van der Waals surface area (Å²) in [4.78, 5) is 16.7. The summed E-state index contributed by atoms with van der Waals surface area (Å²) in [6.45, 7) is 0.345. The predicted octanol–water partition coefficient (Wildman–Crippen LogP) is 2.02. The number of aromatic nitrogens is 1. The fraction of sp³-hybridized carbons (Fsp3) is 0.214. The molecule has 0 amide bonds. The van der Waals surface area contributed by atoms with Gasteiger partial charge in [-0.05, 0) is 6.07 Å². The van der Waals surface area contributed by atoms with Crippen LogP contribution in [0.25, 0.3) is 10.9 Å². The maximum absolute atomic E-state index is 10.6. The van der Waals surface area contributed by atoms with Gasteiger partial charge in [0.05, 0.1) is 23.2 Å². The van der Waals surface area contributed by atoms with Gasteiger partial charge in [0.1, 0.15) is 6.07 Å². The normalized spacial score (nSPS) is 10.1. The monoisotopic (exact) mass is 255 g/mol. The van der Waals surface area contributed by atoms with E-state index in [9.17, 15) is 10.1 Å². The molecule has 1 heterocycles. The van der Waals surface area contributed by atoms with Crippen LogP contribution < -0.4 is 4.90 Å². The lowest BCUT2D eigenvalue weighted by molar-refractivity contribution is -0.136. The molecule has 0 bridgehead atoms. The highest BCUT2D eigenvalue weighted by atomic mass is 16.4. The number of hydrogen-bond donors (Lipinski definition) is 1. The van der Waals surface area contributed by atoms with Gasteiger partial charge in [-0.15, -0.1) is 0 Å². The van der Waals surface area contributed by atoms with Crippen LogP contribution in [0.5, 0.6) is 0 Å². The van der Waals surface area contributed by atoms with Crippen LogP contribution in [0.1, 0.15) is 12.0 Å². The number of carbonyl (C=O) groups is 1. The van der Waals surface area contributed by atoms with Gasteiger partial charge in [0.2, 0.25) is 0 Å². The number of rotatable bonds is 4. The largest absolute Gasteiger partial charge is 0.481 e. The number of aliphatic carboxylic acids is 1. The molecule has 0 atom stereocenters. The summed E-state index contributed by atoms with van der Waals surface area (Å²) in [5, 5.41) is 18.8. The minimum Gasteiger partial charge on any atom is -0.481 e. The number of para-hydroxylation sites is 1. The van der Waals surface area contributed by atoms with Gasteiger partial charge in [-0.25, -0.2) is 0 Å². The lowest BCUT2D eigenvalue weighted by atomic mass is 10.1. The van der Waals surface area contributed by atoms with Gasteiger partial charge in [0.15, 0.2) is 0 Å². The van der Waals surface area contributed by atoms with Crippen molar-refractivity contribution in [3.8, 4) is 6.07 Å². The number of benzene rings is 1. The fourth-order valence-corrected chi connectivity index (χ4v) is 1.99. The van der Waals surface area contributed by atoms with Gasteiger partial charge in [-0.3, -0.25) is 9.78 Å². The molecule has 0 saturated carbocycles. The van der Waals surface area contributed by atoms with E-state index in [0.29, 0.717) is 12.1 Å². The molecular formula is C14H13N3O2. The summed E-state index contributed by atoms with van der Waals surface area (Å²) in [5.41, 5.74) is 1.97. The number of carboxylic acids is 1. The van der Waals surface area contributed by atoms with Crippen LogP contribution in [0.15, 0.2) is 30.5 Å². The lowest BCUT2D eigenvalue weighted by Gasteiger charge is -2.21. The van der Waals surface area contributed by atoms with E-state index in [-0.39, 0.29) is 6.42 Å². The van der Waals surface area contributed by atoms with E-state index in [2.05, 4.69) is 11.1 Å². The fourth-order valence-electron chi connectivity index (χ4n) is 1.99. The molecule has 0 spiro atoms. The van der Waals surface area contributed by atoms with E-state index in [1.165, 1.54) is 6.20 Å². The van der Waals surface area contributed by atoms with Crippen molar-refractivity contribution in [2.75, 3.05) is 18.5 Å². The van der Waals surface area contributed by atoms with Gasteiger partial charge >= 0.3 is 5.97 Å². The number of fused-ring (bicyclic) bond motifs is 1. The number of pyridine rings is 1. The average Bonchev–Trinajstić information content (AvgIpc) is 2.43. The molecule has 0 unspecified atom stereocenters. The molecule has 0 fully saturated rings. The molecule has 0 aliphatic rings. The summed E-state index contributed by atoms with van der Waals surface area (Å²) in [6, 6.07) is 9.61. The van der Waals surface area contributed by atoms with Crippen molar-refractivity contribution >= 4 is 22.6 Å². The van der Waals surface area contributed by atoms with Crippen molar-refractivity contribution in [3.05, 3.63) is 36.0 Å². The van der Waals surface area contributed by atoms with Crippen molar-refractivity contribution in [3.63, 3.8) is 0 Å². The molecular weight excluding hydrogens is 242 g/mol. The SMILES string of the molecule is CN(CCC(=O)O)c1c(C#N)cnc2ccccc12. The number of nitrogens with zero attached hydrogens (tertiary/aromatic N) is 3. The molecule has 1 aromatic carbocycles. The van der Waals surface area contributed by atoms with Crippen molar-refractivity contribution in [1.82, 2.24) is 4.98 Å². The maximum atomic E-state index is 10.6. The minimum atomic E-state index is -0.858. The molecule has 96 valence electrons. The Balaban J connectivity index is 2.50. The second-order valence-electron chi connectivity index (χ2n) is 4.21. The first kappa shape index (κ1) is 12.8. The minimum absolute atomic E-state index is 0.0258. The molecule has 2 aromatic rings. The van der Waals surface area contributed by atoms with E-state index in [1.54, 1.807) is 11.9 Å². The Morgan fingerprint density at radius 3 is 2.89 bits per heavy atom. The Morgan fingerprint density at radius 2 is 2.21 bits per heavy atom. The molecule has 0 aliphatic heterocycles. The standard InChI is InChI=1S/C14H13N3O2/c1-17(7-6-13(18)19)14-10(8-15)9-16-12-5-3-2-4-11(12)14/h2-5,9H,6-7H2,1H3,(H,18,19). The summed E-state index contributed by atoms with van der Waals surface area (Å²) < 4.78 is 0. The van der Waals surface area contributed by atoms with Crippen LogP contribution in [0.3, 0.4) is 0 Å². The molecule has 1 aromatic heterocycles. The topological polar surface area (TPSA) is 77.2 Å². The molecule has 1 N–H and O–H groups in total. The summed E-state index contributed by atoms with van der Waals surface area (Å²) in [6.07, 6.45) is 1.55. The van der Waals surface area contributed by atoms with Gasteiger partial charge < -0.3 is 10.0 Å². The van der Waals surface area contributed by atoms with Crippen LogP contribution in [-0.4, -0.2) is 29.7 Å². The van der Waals surface area contributed by atoms with Crippen molar-refractivity contribution in [1.29, 1.82) is 5.26 Å². The highest BCUT2D eigenvalue weighted by molar-refractivity contribution is 5.94. The van der Waals surface area contributed by atoms with E-state index < -0.39 is 5.97 Å². The average molecular weight is 255 g/mol. The predicted molar refractivity (Wildman–Crippen MR) is 72.0 cm³/mol. The lowest BCUT2D eigenvalue weighted by Crippen LogP contribution is -2.22. The number of nitriles is 1. The first-order valence-corrected chi connectivity index (χ1v) is 5.84. The van der Waals surface area contributed by atoms with Crippen LogP contribution in [0.2, 0.25) is 0 Å². The van der Waals surface area contributed by atoms with Crippen LogP contribution in [0.4, 0.5) is 5.69 Å². The van der Waals surface area contributed by atoms with Gasteiger partial charge in [-0.1, -0.05) is 18.2 Å². The molecule has 2 rings (SSSR count). The quantitative estimate of drug-likeness (QED) is 0.904. The number of hydrogen-bond acceptors (Lipinski definition) is 4. The number of anilines is 1. The highest BCUT2D eigenvalue weighted by Crippen LogP contribution is 2.28. The van der Waals surface area contributed by atoms with E-state index >= 15 is 0 Å². The highest BCUT2D eigenvalue weighted by Gasteiger charge is 2.13. The summed E-state index contributed by atoms with van der Waals surface area (Å²) >= 11 is 0. The Labute approximate surface area is 110 Å². The van der Waals surface area contributed by atoms with Gasteiger partial charge in [-0.2, -0.15) is 5.26 Å². The van der Waals surface area contributed by atoms with Crippen LogP contribution >= 0.6 is 0 Å². The third-order valence-corrected chi connectivity index (χ3v) is 2.91. The molecule has 5 nitrogen and oxygen atoms in total. The Bertz CT molecular complexity index is 661. The van der Waals surface area contributed by atoms with E-state index in [4.69, 9.17) is 5.11 Å².